The highest BCUT2D eigenvalue weighted by molar-refractivity contribution is 6.30. The van der Waals surface area contributed by atoms with Gasteiger partial charge < -0.3 is 4.90 Å². The molecule has 1 aromatic rings. The summed E-state index contributed by atoms with van der Waals surface area (Å²) in [6.45, 7) is 0. The van der Waals surface area contributed by atoms with Crippen LogP contribution in [0.5, 0.6) is 0 Å². The van der Waals surface area contributed by atoms with Crippen molar-refractivity contribution in [2.24, 2.45) is 0 Å². The van der Waals surface area contributed by atoms with E-state index in [2.05, 4.69) is 4.98 Å². The highest BCUT2D eigenvalue weighted by Crippen LogP contribution is 2.30. The minimum atomic E-state index is -0.394. The highest BCUT2D eigenvalue weighted by atomic mass is 35.5. The fraction of sp³-hybridized carbons (Fsp3) is 0.583. The third-order valence-electron chi connectivity index (χ3n) is 3.27. The lowest BCUT2D eigenvalue weighted by Crippen LogP contribution is -2.41. The second kappa shape index (κ2) is 5.40. The lowest BCUT2D eigenvalue weighted by atomic mass is 9.94. The summed E-state index contributed by atoms with van der Waals surface area (Å²) >= 11 is 12.0. The number of anilines is 1. The van der Waals surface area contributed by atoms with Gasteiger partial charge in [-0.25, -0.2) is 9.37 Å². The molecule has 17 heavy (non-hydrogen) atoms. The number of halogens is 3. The molecule has 2 nitrogen and oxygen atoms in total. The molecule has 1 fully saturated rings. The Morgan fingerprint density at radius 2 is 2.12 bits per heavy atom. The topological polar surface area (TPSA) is 16.1 Å². The Hall–Kier alpha value is -0.540. The van der Waals surface area contributed by atoms with E-state index < -0.39 is 5.82 Å². The zero-order chi connectivity index (χ0) is 12.4. The summed E-state index contributed by atoms with van der Waals surface area (Å²) < 4.78 is 13.8. The molecule has 2 rings (SSSR count). The predicted octanol–water partition coefficient (Wildman–Crippen LogP) is 3.86. The highest BCUT2D eigenvalue weighted by Gasteiger charge is 2.28. The summed E-state index contributed by atoms with van der Waals surface area (Å²) in [5, 5.41) is 0.372. The second-order valence-electron chi connectivity index (χ2n) is 4.44. The molecule has 0 aromatic carbocycles. The van der Waals surface area contributed by atoms with Crippen LogP contribution < -0.4 is 4.90 Å². The van der Waals surface area contributed by atoms with Gasteiger partial charge in [-0.3, -0.25) is 0 Å². The van der Waals surface area contributed by atoms with Gasteiger partial charge >= 0.3 is 0 Å². The Morgan fingerprint density at radius 3 is 2.76 bits per heavy atom. The molecular formula is C12H15Cl2FN2. The molecule has 2 atom stereocenters. The van der Waals surface area contributed by atoms with E-state index >= 15 is 0 Å². The van der Waals surface area contributed by atoms with Crippen molar-refractivity contribution in [3.8, 4) is 0 Å². The summed E-state index contributed by atoms with van der Waals surface area (Å²) in [7, 11) is 1.84. The van der Waals surface area contributed by atoms with Crippen molar-refractivity contribution in [3.05, 3.63) is 23.1 Å². The Morgan fingerprint density at radius 1 is 1.41 bits per heavy atom. The SMILES string of the molecule is CN(c1ncc(Cl)cc1F)C1CCCCC1Cl. The average molecular weight is 277 g/mol. The quantitative estimate of drug-likeness (QED) is 0.763. The minimum Gasteiger partial charge on any atom is -0.353 e. The molecule has 0 radical (unpaired) electrons. The number of aromatic nitrogens is 1. The van der Waals surface area contributed by atoms with Gasteiger partial charge in [0.2, 0.25) is 0 Å². The van der Waals surface area contributed by atoms with E-state index in [4.69, 9.17) is 23.2 Å². The zero-order valence-electron chi connectivity index (χ0n) is 9.67. The van der Waals surface area contributed by atoms with E-state index in [0.29, 0.717) is 10.8 Å². The van der Waals surface area contributed by atoms with Crippen LogP contribution in [0.15, 0.2) is 12.3 Å². The number of pyridine rings is 1. The van der Waals surface area contributed by atoms with Gasteiger partial charge in [0, 0.05) is 19.3 Å². The van der Waals surface area contributed by atoms with Gasteiger partial charge in [-0.15, -0.1) is 11.6 Å². The maximum Gasteiger partial charge on any atom is 0.167 e. The van der Waals surface area contributed by atoms with Crippen molar-refractivity contribution in [1.82, 2.24) is 4.98 Å². The van der Waals surface area contributed by atoms with E-state index in [0.717, 1.165) is 25.7 Å². The van der Waals surface area contributed by atoms with Crippen LogP contribution >= 0.6 is 23.2 Å². The summed E-state index contributed by atoms with van der Waals surface area (Å²) in [5.74, 6) is -0.0682. The molecular weight excluding hydrogens is 262 g/mol. The molecule has 94 valence electrons. The number of alkyl halides is 1. The maximum absolute atomic E-state index is 13.8. The van der Waals surface area contributed by atoms with Gasteiger partial charge in [0.25, 0.3) is 0 Å². The molecule has 1 aliphatic rings. The Kier molecular flexibility index (Phi) is 4.10. The van der Waals surface area contributed by atoms with E-state index in [1.54, 1.807) is 0 Å². The van der Waals surface area contributed by atoms with Crippen LogP contribution in [0.1, 0.15) is 25.7 Å². The monoisotopic (exact) mass is 276 g/mol. The molecule has 0 N–H and O–H groups in total. The third-order valence-corrected chi connectivity index (χ3v) is 3.98. The fourth-order valence-corrected chi connectivity index (χ4v) is 2.92. The molecule has 0 saturated heterocycles. The minimum absolute atomic E-state index is 0.0608. The average Bonchev–Trinajstić information content (AvgIpc) is 2.29. The summed E-state index contributed by atoms with van der Waals surface area (Å²) in [6.07, 6.45) is 5.70. The normalized spacial score (nSPS) is 24.7. The molecule has 1 heterocycles. The Labute approximate surface area is 111 Å². The Balaban J connectivity index is 2.20. The van der Waals surface area contributed by atoms with Gasteiger partial charge in [0.05, 0.1) is 10.4 Å². The predicted molar refractivity (Wildman–Crippen MR) is 69.5 cm³/mol. The summed E-state index contributed by atoms with van der Waals surface area (Å²) in [4.78, 5) is 5.88. The molecule has 1 saturated carbocycles. The molecule has 1 aromatic heterocycles. The van der Waals surface area contributed by atoms with Gasteiger partial charge in [-0.05, 0) is 18.9 Å². The summed E-state index contributed by atoms with van der Waals surface area (Å²) in [6, 6.07) is 1.43. The lowest BCUT2D eigenvalue weighted by molar-refractivity contribution is 0.428. The number of nitrogens with zero attached hydrogens (tertiary/aromatic N) is 2. The number of hydrogen-bond donors (Lipinski definition) is 0. The molecule has 2 unspecified atom stereocenters. The number of hydrogen-bond acceptors (Lipinski definition) is 2. The standard InChI is InChI=1S/C12H15Cl2FN2/c1-17(11-5-3-2-4-9(11)14)12-10(15)6-8(13)7-16-12/h6-7,9,11H,2-5H2,1H3. The van der Waals surface area contributed by atoms with E-state index in [1.807, 2.05) is 11.9 Å². The van der Waals surface area contributed by atoms with Crippen LogP contribution in [0.4, 0.5) is 10.2 Å². The largest absolute Gasteiger partial charge is 0.353 e. The van der Waals surface area contributed by atoms with Crippen molar-refractivity contribution in [2.75, 3.05) is 11.9 Å². The third kappa shape index (κ3) is 2.83. The fourth-order valence-electron chi connectivity index (χ4n) is 2.33. The van der Waals surface area contributed by atoms with Crippen molar-refractivity contribution >= 4 is 29.0 Å². The zero-order valence-corrected chi connectivity index (χ0v) is 11.2. The molecule has 1 aliphatic carbocycles. The number of rotatable bonds is 2. The molecule has 0 amide bonds. The van der Waals surface area contributed by atoms with Crippen LogP contribution in [-0.4, -0.2) is 23.5 Å². The molecule has 0 bridgehead atoms. The first-order valence-electron chi connectivity index (χ1n) is 5.77. The molecule has 0 aliphatic heterocycles. The van der Waals surface area contributed by atoms with E-state index in [-0.39, 0.29) is 11.4 Å². The van der Waals surface area contributed by atoms with Crippen molar-refractivity contribution < 1.29 is 4.39 Å². The smallest absolute Gasteiger partial charge is 0.167 e. The Bertz CT molecular complexity index is 400. The van der Waals surface area contributed by atoms with Crippen LogP contribution in [0, 0.1) is 5.82 Å². The van der Waals surface area contributed by atoms with Gasteiger partial charge in [0.15, 0.2) is 11.6 Å². The maximum atomic E-state index is 13.8. The molecule has 0 spiro atoms. The van der Waals surface area contributed by atoms with Crippen molar-refractivity contribution in [2.45, 2.75) is 37.1 Å². The van der Waals surface area contributed by atoms with Crippen LogP contribution in [-0.2, 0) is 0 Å². The first kappa shape index (κ1) is 12.9. The van der Waals surface area contributed by atoms with Gasteiger partial charge in [0.1, 0.15) is 0 Å². The van der Waals surface area contributed by atoms with Gasteiger partial charge in [-0.1, -0.05) is 24.4 Å². The van der Waals surface area contributed by atoms with Crippen molar-refractivity contribution in [3.63, 3.8) is 0 Å². The van der Waals surface area contributed by atoms with Crippen LogP contribution in [0.25, 0.3) is 0 Å². The van der Waals surface area contributed by atoms with Gasteiger partial charge in [-0.2, -0.15) is 0 Å². The van der Waals surface area contributed by atoms with E-state index in [1.165, 1.54) is 12.3 Å². The van der Waals surface area contributed by atoms with E-state index in [9.17, 15) is 4.39 Å². The van der Waals surface area contributed by atoms with Crippen LogP contribution in [0.3, 0.4) is 0 Å². The first-order valence-corrected chi connectivity index (χ1v) is 6.59. The first-order chi connectivity index (χ1) is 8.09. The van der Waals surface area contributed by atoms with Crippen LogP contribution in [0.2, 0.25) is 5.02 Å². The lowest BCUT2D eigenvalue weighted by Gasteiger charge is -2.35. The second-order valence-corrected chi connectivity index (χ2v) is 5.43. The summed E-state index contributed by atoms with van der Waals surface area (Å²) in [5.41, 5.74) is 0. The molecule has 5 heteroatoms. The van der Waals surface area contributed by atoms with Crippen molar-refractivity contribution in [1.29, 1.82) is 0 Å².